The monoisotopic (exact) mass is 197 g/mol. The molecule has 1 saturated heterocycles. The van der Waals surface area contributed by atoms with Crippen molar-refractivity contribution in [1.82, 2.24) is 15.5 Å². The number of hydrogen-bond acceptors (Lipinski definition) is 2. The molecule has 0 aromatic heterocycles. The van der Waals surface area contributed by atoms with Gasteiger partial charge < -0.3 is 15.5 Å². The highest BCUT2D eigenvalue weighted by Crippen LogP contribution is 2.19. The van der Waals surface area contributed by atoms with Crippen molar-refractivity contribution < 1.29 is 4.79 Å². The summed E-state index contributed by atoms with van der Waals surface area (Å²) in [5.41, 5.74) is 0. The lowest BCUT2D eigenvalue weighted by atomic mass is 10.1. The van der Waals surface area contributed by atoms with Crippen LogP contribution in [0.3, 0.4) is 0 Å². The summed E-state index contributed by atoms with van der Waals surface area (Å²) in [6.07, 6.45) is 3.51. The Balaban J connectivity index is 1.69. The van der Waals surface area contributed by atoms with Crippen LogP contribution in [0.25, 0.3) is 0 Å². The van der Waals surface area contributed by atoms with Gasteiger partial charge >= 0.3 is 6.03 Å². The Bertz CT molecular complexity index is 209. The SMILES string of the molecule is CN(CC1CCNC1)C(=O)NC1CC1. The van der Waals surface area contributed by atoms with E-state index in [2.05, 4.69) is 10.6 Å². The summed E-state index contributed by atoms with van der Waals surface area (Å²) < 4.78 is 0. The largest absolute Gasteiger partial charge is 0.335 e. The zero-order valence-corrected chi connectivity index (χ0v) is 8.75. The van der Waals surface area contributed by atoms with E-state index in [1.807, 2.05) is 11.9 Å². The van der Waals surface area contributed by atoms with Crippen molar-refractivity contribution in [1.29, 1.82) is 0 Å². The molecule has 4 nitrogen and oxygen atoms in total. The molecule has 1 aliphatic carbocycles. The molecular weight excluding hydrogens is 178 g/mol. The Morgan fingerprint density at radius 3 is 2.86 bits per heavy atom. The zero-order valence-electron chi connectivity index (χ0n) is 8.75. The molecular formula is C10H19N3O. The normalized spacial score (nSPS) is 26.2. The van der Waals surface area contributed by atoms with Crippen LogP contribution in [0.1, 0.15) is 19.3 Å². The molecule has 0 bridgehead atoms. The van der Waals surface area contributed by atoms with Crippen LogP contribution < -0.4 is 10.6 Å². The molecule has 1 aliphatic heterocycles. The molecule has 4 heteroatoms. The van der Waals surface area contributed by atoms with Crippen molar-refractivity contribution in [2.24, 2.45) is 5.92 Å². The van der Waals surface area contributed by atoms with Gasteiger partial charge in [-0.3, -0.25) is 0 Å². The molecule has 80 valence electrons. The van der Waals surface area contributed by atoms with Gasteiger partial charge in [0.15, 0.2) is 0 Å². The Morgan fingerprint density at radius 2 is 2.29 bits per heavy atom. The van der Waals surface area contributed by atoms with Crippen LogP contribution in [-0.4, -0.2) is 43.7 Å². The number of urea groups is 1. The molecule has 2 amide bonds. The van der Waals surface area contributed by atoms with E-state index < -0.39 is 0 Å². The number of hydrogen-bond donors (Lipinski definition) is 2. The summed E-state index contributed by atoms with van der Waals surface area (Å²) in [6, 6.07) is 0.561. The minimum atomic E-state index is 0.0967. The van der Waals surface area contributed by atoms with Crippen molar-refractivity contribution in [3.8, 4) is 0 Å². The summed E-state index contributed by atoms with van der Waals surface area (Å²) in [5, 5.41) is 6.31. The van der Waals surface area contributed by atoms with Gasteiger partial charge in [-0.15, -0.1) is 0 Å². The lowest BCUT2D eigenvalue weighted by Gasteiger charge is -2.21. The molecule has 1 heterocycles. The molecule has 1 unspecified atom stereocenters. The number of nitrogens with one attached hydrogen (secondary N) is 2. The highest BCUT2D eigenvalue weighted by molar-refractivity contribution is 5.74. The number of nitrogens with zero attached hydrogens (tertiary/aromatic N) is 1. The van der Waals surface area contributed by atoms with Crippen molar-refractivity contribution in [2.45, 2.75) is 25.3 Å². The van der Waals surface area contributed by atoms with Gasteiger partial charge in [-0.25, -0.2) is 4.79 Å². The first-order valence-electron chi connectivity index (χ1n) is 5.48. The highest BCUT2D eigenvalue weighted by atomic mass is 16.2. The van der Waals surface area contributed by atoms with E-state index in [0.717, 1.165) is 32.5 Å². The average Bonchev–Trinajstić information content (AvgIpc) is 2.81. The first kappa shape index (κ1) is 9.77. The predicted octanol–water partition coefficient (Wildman–Crippen LogP) is 0.400. The average molecular weight is 197 g/mol. The lowest BCUT2D eigenvalue weighted by molar-refractivity contribution is 0.201. The smallest absolute Gasteiger partial charge is 0.317 e. The molecule has 1 atom stereocenters. The topological polar surface area (TPSA) is 44.4 Å². The molecule has 2 N–H and O–H groups in total. The van der Waals surface area contributed by atoms with Crippen molar-refractivity contribution in [3.63, 3.8) is 0 Å². The van der Waals surface area contributed by atoms with Crippen molar-refractivity contribution in [2.75, 3.05) is 26.7 Å². The summed E-state index contributed by atoms with van der Waals surface area (Å²) in [6.45, 7) is 3.04. The molecule has 0 spiro atoms. The van der Waals surface area contributed by atoms with Gasteiger partial charge in [-0.05, 0) is 38.3 Å². The van der Waals surface area contributed by atoms with Crippen LogP contribution in [0.4, 0.5) is 4.79 Å². The van der Waals surface area contributed by atoms with Gasteiger partial charge in [0.1, 0.15) is 0 Å². The standard InChI is InChI=1S/C10H19N3O/c1-13(7-8-4-5-11-6-8)10(14)12-9-2-3-9/h8-9,11H,2-7H2,1H3,(H,12,14). The molecule has 0 aromatic rings. The summed E-state index contributed by atoms with van der Waals surface area (Å²) >= 11 is 0. The van der Waals surface area contributed by atoms with Crippen LogP contribution in [0.5, 0.6) is 0 Å². The second-order valence-electron chi connectivity index (χ2n) is 4.46. The van der Waals surface area contributed by atoms with Gasteiger partial charge in [0, 0.05) is 19.6 Å². The number of carbonyl (C=O) groups excluding carboxylic acids is 1. The molecule has 0 aromatic carbocycles. The Morgan fingerprint density at radius 1 is 1.50 bits per heavy atom. The summed E-state index contributed by atoms with van der Waals surface area (Å²) in [7, 11) is 1.88. The Hall–Kier alpha value is -0.770. The third-order valence-corrected chi connectivity index (χ3v) is 2.95. The quantitative estimate of drug-likeness (QED) is 0.688. The van der Waals surface area contributed by atoms with E-state index in [-0.39, 0.29) is 6.03 Å². The molecule has 1 saturated carbocycles. The first-order chi connectivity index (χ1) is 6.75. The van der Waals surface area contributed by atoms with Gasteiger partial charge in [0.25, 0.3) is 0 Å². The van der Waals surface area contributed by atoms with E-state index in [9.17, 15) is 4.79 Å². The molecule has 2 aliphatic rings. The van der Waals surface area contributed by atoms with Crippen molar-refractivity contribution >= 4 is 6.03 Å². The van der Waals surface area contributed by atoms with Crippen LogP contribution >= 0.6 is 0 Å². The van der Waals surface area contributed by atoms with Crippen LogP contribution in [-0.2, 0) is 0 Å². The fourth-order valence-corrected chi connectivity index (χ4v) is 1.85. The maximum absolute atomic E-state index is 11.6. The van der Waals surface area contributed by atoms with Gasteiger partial charge in [-0.1, -0.05) is 0 Å². The fraction of sp³-hybridized carbons (Fsp3) is 0.900. The van der Waals surface area contributed by atoms with E-state index in [1.54, 1.807) is 0 Å². The predicted molar refractivity (Wildman–Crippen MR) is 55.2 cm³/mol. The minimum absolute atomic E-state index is 0.0967. The molecule has 2 fully saturated rings. The summed E-state index contributed by atoms with van der Waals surface area (Å²) in [4.78, 5) is 13.4. The van der Waals surface area contributed by atoms with Crippen LogP contribution in [0.15, 0.2) is 0 Å². The Labute approximate surface area is 85.0 Å². The molecule has 2 rings (SSSR count). The molecule has 14 heavy (non-hydrogen) atoms. The van der Waals surface area contributed by atoms with E-state index in [0.29, 0.717) is 12.0 Å². The van der Waals surface area contributed by atoms with Crippen LogP contribution in [0, 0.1) is 5.92 Å². The third kappa shape index (κ3) is 2.61. The number of amides is 2. The minimum Gasteiger partial charge on any atom is -0.335 e. The van der Waals surface area contributed by atoms with E-state index >= 15 is 0 Å². The second-order valence-corrected chi connectivity index (χ2v) is 4.46. The lowest BCUT2D eigenvalue weighted by Crippen LogP contribution is -2.41. The van der Waals surface area contributed by atoms with Crippen LogP contribution in [0.2, 0.25) is 0 Å². The Kier molecular flexibility index (Phi) is 2.91. The van der Waals surface area contributed by atoms with E-state index in [1.165, 1.54) is 6.42 Å². The second kappa shape index (κ2) is 4.17. The van der Waals surface area contributed by atoms with Gasteiger partial charge in [-0.2, -0.15) is 0 Å². The zero-order chi connectivity index (χ0) is 9.97. The number of rotatable bonds is 3. The fourth-order valence-electron chi connectivity index (χ4n) is 1.85. The first-order valence-corrected chi connectivity index (χ1v) is 5.48. The highest BCUT2D eigenvalue weighted by Gasteiger charge is 2.26. The van der Waals surface area contributed by atoms with Gasteiger partial charge in [0.05, 0.1) is 0 Å². The maximum atomic E-state index is 11.6. The molecule has 0 radical (unpaired) electrons. The summed E-state index contributed by atoms with van der Waals surface area (Å²) in [5.74, 6) is 0.643. The third-order valence-electron chi connectivity index (χ3n) is 2.95. The van der Waals surface area contributed by atoms with Gasteiger partial charge in [0.2, 0.25) is 0 Å². The van der Waals surface area contributed by atoms with E-state index in [4.69, 9.17) is 0 Å². The maximum Gasteiger partial charge on any atom is 0.317 e. The van der Waals surface area contributed by atoms with Crippen molar-refractivity contribution in [3.05, 3.63) is 0 Å². The number of carbonyl (C=O) groups is 1.